The molecule has 0 aliphatic rings. The van der Waals surface area contributed by atoms with Crippen LogP contribution in [0.1, 0.15) is 37.2 Å². The highest BCUT2D eigenvalue weighted by Gasteiger charge is 2.13. The molecule has 0 fully saturated rings. The lowest BCUT2D eigenvalue weighted by molar-refractivity contribution is 0.0912. The molecule has 90 valence electrons. The molecule has 1 amide bonds. The Kier molecular flexibility index (Phi) is 3.47. The van der Waals surface area contributed by atoms with Crippen LogP contribution in [0, 0.1) is 0 Å². The molecular formula is C14H17NO2. The first-order valence-electron chi connectivity index (χ1n) is 6.00. The minimum atomic E-state index is -0.137. The number of amides is 1. The fourth-order valence-electron chi connectivity index (χ4n) is 1.89. The zero-order valence-corrected chi connectivity index (χ0v) is 10.2. The van der Waals surface area contributed by atoms with Crippen LogP contribution in [0.3, 0.4) is 0 Å². The highest BCUT2D eigenvalue weighted by molar-refractivity contribution is 5.96. The fraction of sp³-hybridized carbons (Fsp3) is 0.357. The van der Waals surface area contributed by atoms with E-state index in [9.17, 15) is 4.79 Å². The van der Waals surface area contributed by atoms with Gasteiger partial charge in [-0.05, 0) is 25.5 Å². The van der Waals surface area contributed by atoms with E-state index in [1.165, 1.54) is 0 Å². The van der Waals surface area contributed by atoms with Gasteiger partial charge in [-0.15, -0.1) is 0 Å². The summed E-state index contributed by atoms with van der Waals surface area (Å²) in [5.74, 6) is 0.247. The number of rotatable bonds is 4. The summed E-state index contributed by atoms with van der Waals surface area (Å²) < 4.78 is 5.50. The molecule has 1 aromatic heterocycles. The minimum absolute atomic E-state index is 0.137. The van der Waals surface area contributed by atoms with Crippen molar-refractivity contribution in [2.75, 3.05) is 0 Å². The van der Waals surface area contributed by atoms with E-state index >= 15 is 0 Å². The van der Waals surface area contributed by atoms with Crippen LogP contribution in [0.2, 0.25) is 0 Å². The van der Waals surface area contributed by atoms with E-state index in [1.807, 2.05) is 31.2 Å². The molecule has 0 saturated heterocycles. The molecule has 0 aliphatic heterocycles. The standard InChI is InChI=1S/C14H17NO2/c1-3-6-10(2)15-14(16)13-9-11-7-4-5-8-12(11)17-13/h4-5,7-10H,3,6H2,1-2H3,(H,15,16). The molecule has 1 N–H and O–H groups in total. The van der Waals surface area contributed by atoms with Gasteiger partial charge in [0.1, 0.15) is 5.58 Å². The number of benzene rings is 1. The molecule has 3 heteroatoms. The van der Waals surface area contributed by atoms with E-state index in [4.69, 9.17) is 4.42 Å². The smallest absolute Gasteiger partial charge is 0.287 e. The molecule has 0 spiro atoms. The number of carbonyl (C=O) groups is 1. The summed E-state index contributed by atoms with van der Waals surface area (Å²) in [7, 11) is 0. The van der Waals surface area contributed by atoms with Gasteiger partial charge in [-0.2, -0.15) is 0 Å². The summed E-state index contributed by atoms with van der Waals surface area (Å²) in [6.07, 6.45) is 2.04. The van der Waals surface area contributed by atoms with Crippen molar-refractivity contribution in [3.05, 3.63) is 36.1 Å². The van der Waals surface area contributed by atoms with Crippen LogP contribution < -0.4 is 5.32 Å². The average Bonchev–Trinajstić information content (AvgIpc) is 2.72. The first-order valence-corrected chi connectivity index (χ1v) is 6.00. The number of para-hydroxylation sites is 1. The molecule has 17 heavy (non-hydrogen) atoms. The lowest BCUT2D eigenvalue weighted by Crippen LogP contribution is -2.32. The first-order chi connectivity index (χ1) is 8.20. The van der Waals surface area contributed by atoms with E-state index < -0.39 is 0 Å². The molecule has 0 saturated carbocycles. The van der Waals surface area contributed by atoms with E-state index in [2.05, 4.69) is 12.2 Å². The van der Waals surface area contributed by atoms with Crippen LogP contribution in [0.5, 0.6) is 0 Å². The van der Waals surface area contributed by atoms with Crippen LogP contribution in [0.15, 0.2) is 34.7 Å². The fourth-order valence-corrected chi connectivity index (χ4v) is 1.89. The predicted octanol–water partition coefficient (Wildman–Crippen LogP) is 3.35. The Morgan fingerprint density at radius 2 is 2.18 bits per heavy atom. The van der Waals surface area contributed by atoms with Crippen molar-refractivity contribution >= 4 is 16.9 Å². The Hall–Kier alpha value is -1.77. The van der Waals surface area contributed by atoms with Crippen molar-refractivity contribution in [2.45, 2.75) is 32.7 Å². The monoisotopic (exact) mass is 231 g/mol. The van der Waals surface area contributed by atoms with Crippen molar-refractivity contribution in [1.82, 2.24) is 5.32 Å². The van der Waals surface area contributed by atoms with Crippen molar-refractivity contribution in [1.29, 1.82) is 0 Å². The van der Waals surface area contributed by atoms with Crippen LogP contribution in [-0.4, -0.2) is 11.9 Å². The third-order valence-electron chi connectivity index (χ3n) is 2.75. The van der Waals surface area contributed by atoms with Gasteiger partial charge in [0.2, 0.25) is 0 Å². The summed E-state index contributed by atoms with van der Waals surface area (Å²) in [6.45, 7) is 4.11. The maximum Gasteiger partial charge on any atom is 0.287 e. The van der Waals surface area contributed by atoms with Gasteiger partial charge < -0.3 is 9.73 Å². The van der Waals surface area contributed by atoms with Gasteiger partial charge in [0.05, 0.1) is 0 Å². The van der Waals surface area contributed by atoms with Gasteiger partial charge in [0.25, 0.3) is 5.91 Å². The molecule has 0 aliphatic carbocycles. The highest BCUT2D eigenvalue weighted by atomic mass is 16.3. The lowest BCUT2D eigenvalue weighted by Gasteiger charge is -2.10. The zero-order chi connectivity index (χ0) is 12.3. The number of hydrogen-bond donors (Lipinski definition) is 1. The SMILES string of the molecule is CCCC(C)NC(=O)c1cc2ccccc2o1. The molecule has 2 rings (SSSR count). The number of nitrogens with one attached hydrogen (secondary N) is 1. The van der Waals surface area contributed by atoms with E-state index in [-0.39, 0.29) is 11.9 Å². The summed E-state index contributed by atoms with van der Waals surface area (Å²) in [4.78, 5) is 11.9. The largest absolute Gasteiger partial charge is 0.451 e. The van der Waals surface area contributed by atoms with E-state index in [0.29, 0.717) is 5.76 Å². The second-order valence-electron chi connectivity index (χ2n) is 4.31. The number of carbonyl (C=O) groups excluding carboxylic acids is 1. The Morgan fingerprint density at radius 3 is 2.88 bits per heavy atom. The second kappa shape index (κ2) is 5.04. The zero-order valence-electron chi connectivity index (χ0n) is 10.2. The number of hydrogen-bond acceptors (Lipinski definition) is 2. The minimum Gasteiger partial charge on any atom is -0.451 e. The molecule has 1 aromatic carbocycles. The third-order valence-corrected chi connectivity index (χ3v) is 2.75. The molecule has 1 heterocycles. The Labute approximate surface area is 101 Å². The topological polar surface area (TPSA) is 42.2 Å². The van der Waals surface area contributed by atoms with Gasteiger partial charge >= 0.3 is 0 Å². The Balaban J connectivity index is 2.13. The van der Waals surface area contributed by atoms with Crippen molar-refractivity contribution in [3.63, 3.8) is 0 Å². The van der Waals surface area contributed by atoms with Gasteiger partial charge in [-0.3, -0.25) is 4.79 Å². The van der Waals surface area contributed by atoms with Gasteiger partial charge in [0.15, 0.2) is 5.76 Å². The van der Waals surface area contributed by atoms with E-state index in [1.54, 1.807) is 6.07 Å². The summed E-state index contributed by atoms with van der Waals surface area (Å²) in [5, 5.41) is 3.88. The van der Waals surface area contributed by atoms with Crippen LogP contribution in [0.4, 0.5) is 0 Å². The summed E-state index contributed by atoms with van der Waals surface area (Å²) >= 11 is 0. The van der Waals surface area contributed by atoms with Gasteiger partial charge in [0, 0.05) is 11.4 Å². The quantitative estimate of drug-likeness (QED) is 0.876. The maximum absolute atomic E-state index is 11.9. The van der Waals surface area contributed by atoms with Crippen molar-refractivity contribution < 1.29 is 9.21 Å². The first kappa shape index (κ1) is 11.7. The lowest BCUT2D eigenvalue weighted by atomic mass is 10.2. The molecule has 2 aromatic rings. The van der Waals surface area contributed by atoms with Crippen LogP contribution in [0.25, 0.3) is 11.0 Å². The molecule has 1 unspecified atom stereocenters. The summed E-state index contributed by atoms with van der Waals surface area (Å²) in [6, 6.07) is 9.59. The molecule has 1 atom stereocenters. The van der Waals surface area contributed by atoms with E-state index in [0.717, 1.165) is 23.8 Å². The second-order valence-corrected chi connectivity index (χ2v) is 4.31. The maximum atomic E-state index is 11.9. The third kappa shape index (κ3) is 2.67. The van der Waals surface area contributed by atoms with Gasteiger partial charge in [-0.25, -0.2) is 0 Å². The van der Waals surface area contributed by atoms with Crippen LogP contribution in [-0.2, 0) is 0 Å². The molecular weight excluding hydrogens is 214 g/mol. The molecule has 0 radical (unpaired) electrons. The summed E-state index contributed by atoms with van der Waals surface area (Å²) in [5.41, 5.74) is 0.751. The molecule has 0 bridgehead atoms. The predicted molar refractivity (Wildman–Crippen MR) is 68.1 cm³/mol. The normalized spacial score (nSPS) is 12.6. The molecule has 3 nitrogen and oxygen atoms in total. The average molecular weight is 231 g/mol. The number of furan rings is 1. The highest BCUT2D eigenvalue weighted by Crippen LogP contribution is 2.18. The Bertz CT molecular complexity index is 483. The van der Waals surface area contributed by atoms with Crippen molar-refractivity contribution in [3.8, 4) is 0 Å². The van der Waals surface area contributed by atoms with Crippen LogP contribution >= 0.6 is 0 Å². The van der Waals surface area contributed by atoms with Crippen molar-refractivity contribution in [2.24, 2.45) is 0 Å². The van der Waals surface area contributed by atoms with Gasteiger partial charge in [-0.1, -0.05) is 31.5 Å². The Morgan fingerprint density at radius 1 is 1.41 bits per heavy atom. The number of fused-ring (bicyclic) bond motifs is 1.